The van der Waals surface area contributed by atoms with Crippen LogP contribution in [0.1, 0.15) is 25.3 Å². The Labute approximate surface area is 159 Å². The first-order chi connectivity index (χ1) is 13.3. The highest BCUT2D eigenvalue weighted by Gasteiger charge is 2.13. The summed E-state index contributed by atoms with van der Waals surface area (Å²) in [6, 6.07) is 13.4. The van der Waals surface area contributed by atoms with Crippen LogP contribution in [-0.2, 0) is 11.2 Å². The summed E-state index contributed by atoms with van der Waals surface area (Å²) in [7, 11) is 0. The van der Waals surface area contributed by atoms with Crippen LogP contribution in [0, 0.1) is 0 Å². The van der Waals surface area contributed by atoms with Crippen molar-refractivity contribution in [2.75, 3.05) is 26.6 Å². The van der Waals surface area contributed by atoms with Gasteiger partial charge in [-0.1, -0.05) is 18.2 Å². The van der Waals surface area contributed by atoms with Crippen LogP contribution in [0.4, 0.5) is 0 Å². The summed E-state index contributed by atoms with van der Waals surface area (Å²) in [5.74, 6) is 3.00. The van der Waals surface area contributed by atoms with Crippen molar-refractivity contribution in [2.45, 2.75) is 26.2 Å². The molecule has 6 nitrogen and oxygen atoms in total. The van der Waals surface area contributed by atoms with Gasteiger partial charge in [-0.2, -0.15) is 0 Å². The van der Waals surface area contributed by atoms with Gasteiger partial charge in [-0.3, -0.25) is 4.79 Å². The molecule has 1 heterocycles. The average molecular weight is 371 g/mol. The second-order valence-corrected chi connectivity index (χ2v) is 6.12. The zero-order chi connectivity index (χ0) is 18.9. The van der Waals surface area contributed by atoms with E-state index in [1.54, 1.807) is 0 Å². The molecule has 1 amide bonds. The molecule has 3 rings (SSSR count). The zero-order valence-electron chi connectivity index (χ0n) is 15.5. The lowest BCUT2D eigenvalue weighted by atomic mass is 10.1. The topological polar surface area (TPSA) is 66.0 Å². The van der Waals surface area contributed by atoms with E-state index in [1.807, 2.05) is 49.4 Å². The second kappa shape index (κ2) is 9.71. The van der Waals surface area contributed by atoms with Crippen molar-refractivity contribution in [2.24, 2.45) is 0 Å². The van der Waals surface area contributed by atoms with E-state index in [0.29, 0.717) is 38.3 Å². The van der Waals surface area contributed by atoms with Gasteiger partial charge in [-0.05, 0) is 49.6 Å². The Morgan fingerprint density at radius 2 is 1.85 bits per heavy atom. The SMILES string of the molecule is CCOc1ccccc1OCCCC(=O)NCCc1ccc2c(c1)OCO2. The summed E-state index contributed by atoms with van der Waals surface area (Å²) >= 11 is 0. The third-order valence-corrected chi connectivity index (χ3v) is 4.13. The number of fused-ring (bicyclic) bond motifs is 1. The van der Waals surface area contributed by atoms with Gasteiger partial charge < -0.3 is 24.3 Å². The lowest BCUT2D eigenvalue weighted by molar-refractivity contribution is -0.121. The molecule has 0 spiro atoms. The summed E-state index contributed by atoms with van der Waals surface area (Å²) in [6.07, 6.45) is 1.83. The number of benzene rings is 2. The van der Waals surface area contributed by atoms with Crippen LogP contribution in [0.2, 0.25) is 0 Å². The molecule has 0 atom stereocenters. The maximum Gasteiger partial charge on any atom is 0.231 e. The smallest absolute Gasteiger partial charge is 0.231 e. The van der Waals surface area contributed by atoms with E-state index in [2.05, 4.69) is 5.32 Å². The van der Waals surface area contributed by atoms with Gasteiger partial charge in [0.1, 0.15) is 0 Å². The molecule has 0 radical (unpaired) electrons. The number of hydrogen-bond donors (Lipinski definition) is 1. The standard InChI is InChI=1S/C21H25NO5/c1-2-24-17-6-3-4-7-18(17)25-13-5-8-21(23)22-12-11-16-9-10-19-20(14-16)27-15-26-19/h3-4,6-7,9-10,14H,2,5,8,11-13,15H2,1H3,(H,22,23). The van der Waals surface area contributed by atoms with Crippen LogP contribution in [-0.4, -0.2) is 32.5 Å². The normalized spacial score (nSPS) is 11.9. The van der Waals surface area contributed by atoms with Crippen molar-refractivity contribution in [1.29, 1.82) is 0 Å². The molecule has 0 bridgehead atoms. The fraction of sp³-hybridized carbons (Fsp3) is 0.381. The summed E-state index contributed by atoms with van der Waals surface area (Å²) in [4.78, 5) is 12.0. The minimum Gasteiger partial charge on any atom is -0.490 e. The molecular formula is C21H25NO5. The van der Waals surface area contributed by atoms with E-state index in [9.17, 15) is 4.79 Å². The Bertz CT molecular complexity index is 762. The monoisotopic (exact) mass is 371 g/mol. The lowest BCUT2D eigenvalue weighted by Gasteiger charge is -2.11. The van der Waals surface area contributed by atoms with E-state index in [1.165, 1.54) is 0 Å². The van der Waals surface area contributed by atoms with Crippen molar-refractivity contribution in [1.82, 2.24) is 5.32 Å². The predicted octanol–water partition coefficient (Wildman–Crippen LogP) is 3.33. The molecule has 6 heteroatoms. The maximum atomic E-state index is 12.0. The molecule has 1 aliphatic rings. The number of rotatable bonds is 10. The van der Waals surface area contributed by atoms with Gasteiger partial charge in [0.25, 0.3) is 0 Å². The molecule has 0 fully saturated rings. The molecule has 0 saturated carbocycles. The Kier molecular flexibility index (Phi) is 6.79. The molecule has 144 valence electrons. The molecule has 2 aromatic carbocycles. The highest BCUT2D eigenvalue weighted by Crippen LogP contribution is 2.32. The molecule has 0 unspecified atom stereocenters. The van der Waals surface area contributed by atoms with E-state index >= 15 is 0 Å². The molecule has 1 N–H and O–H groups in total. The van der Waals surface area contributed by atoms with Crippen molar-refractivity contribution < 1.29 is 23.7 Å². The first-order valence-electron chi connectivity index (χ1n) is 9.26. The molecular weight excluding hydrogens is 346 g/mol. The highest BCUT2D eigenvalue weighted by atomic mass is 16.7. The number of carbonyl (C=O) groups is 1. The summed E-state index contributed by atoms with van der Waals surface area (Å²) < 4.78 is 21.9. The number of para-hydroxylation sites is 2. The van der Waals surface area contributed by atoms with Gasteiger partial charge in [-0.25, -0.2) is 0 Å². The van der Waals surface area contributed by atoms with Crippen LogP contribution in [0.5, 0.6) is 23.0 Å². The first-order valence-corrected chi connectivity index (χ1v) is 9.26. The minimum absolute atomic E-state index is 0.0254. The summed E-state index contributed by atoms with van der Waals surface area (Å²) in [5.41, 5.74) is 1.11. The molecule has 2 aromatic rings. The molecule has 0 aliphatic carbocycles. The van der Waals surface area contributed by atoms with E-state index in [4.69, 9.17) is 18.9 Å². The third kappa shape index (κ3) is 5.54. The van der Waals surface area contributed by atoms with Gasteiger partial charge >= 0.3 is 0 Å². The van der Waals surface area contributed by atoms with Crippen LogP contribution >= 0.6 is 0 Å². The van der Waals surface area contributed by atoms with E-state index in [-0.39, 0.29) is 12.7 Å². The van der Waals surface area contributed by atoms with Crippen LogP contribution in [0.25, 0.3) is 0 Å². The van der Waals surface area contributed by atoms with E-state index in [0.717, 1.165) is 29.2 Å². The lowest BCUT2D eigenvalue weighted by Crippen LogP contribution is -2.25. The van der Waals surface area contributed by atoms with Gasteiger partial charge in [0.05, 0.1) is 13.2 Å². The number of nitrogens with one attached hydrogen (secondary N) is 1. The molecule has 1 aliphatic heterocycles. The van der Waals surface area contributed by atoms with Crippen molar-refractivity contribution in [3.63, 3.8) is 0 Å². The Morgan fingerprint density at radius 3 is 2.67 bits per heavy atom. The van der Waals surface area contributed by atoms with Crippen LogP contribution < -0.4 is 24.3 Å². The van der Waals surface area contributed by atoms with Gasteiger partial charge in [0, 0.05) is 13.0 Å². The largest absolute Gasteiger partial charge is 0.490 e. The van der Waals surface area contributed by atoms with Crippen LogP contribution in [0.3, 0.4) is 0 Å². The fourth-order valence-corrected chi connectivity index (χ4v) is 2.79. The van der Waals surface area contributed by atoms with Gasteiger partial charge in [-0.15, -0.1) is 0 Å². The maximum absolute atomic E-state index is 12.0. The number of amides is 1. The summed E-state index contributed by atoms with van der Waals surface area (Å²) in [6.45, 7) is 3.86. The van der Waals surface area contributed by atoms with Gasteiger partial charge in [0.2, 0.25) is 12.7 Å². The molecule has 27 heavy (non-hydrogen) atoms. The molecule has 0 aromatic heterocycles. The van der Waals surface area contributed by atoms with Crippen molar-refractivity contribution in [3.8, 4) is 23.0 Å². The zero-order valence-corrected chi connectivity index (χ0v) is 15.5. The van der Waals surface area contributed by atoms with Gasteiger partial charge in [0.15, 0.2) is 23.0 Å². The number of hydrogen-bond acceptors (Lipinski definition) is 5. The highest BCUT2D eigenvalue weighted by molar-refractivity contribution is 5.75. The van der Waals surface area contributed by atoms with Crippen molar-refractivity contribution in [3.05, 3.63) is 48.0 Å². The molecule has 0 saturated heterocycles. The number of carbonyl (C=O) groups excluding carboxylic acids is 1. The van der Waals surface area contributed by atoms with Crippen molar-refractivity contribution >= 4 is 5.91 Å². The Hall–Kier alpha value is -2.89. The van der Waals surface area contributed by atoms with Crippen LogP contribution in [0.15, 0.2) is 42.5 Å². The third-order valence-electron chi connectivity index (χ3n) is 4.13. The van der Waals surface area contributed by atoms with E-state index < -0.39 is 0 Å². The fourth-order valence-electron chi connectivity index (χ4n) is 2.79. The Balaban J connectivity index is 1.32. The quantitative estimate of drug-likeness (QED) is 0.649. The predicted molar refractivity (Wildman–Crippen MR) is 102 cm³/mol. The second-order valence-electron chi connectivity index (χ2n) is 6.12. The first kappa shape index (κ1) is 18.9. The average Bonchev–Trinajstić information content (AvgIpc) is 3.14. The Morgan fingerprint density at radius 1 is 1.07 bits per heavy atom. The summed E-state index contributed by atoms with van der Waals surface area (Å²) in [5, 5.41) is 2.94. The minimum atomic E-state index is 0.0254. The number of ether oxygens (including phenoxy) is 4.